The number of sulfonamides is 1. The van der Waals surface area contributed by atoms with E-state index in [1.54, 1.807) is 38.1 Å². The number of nitrogens with one attached hydrogen (secondary N) is 1. The summed E-state index contributed by atoms with van der Waals surface area (Å²) in [7, 11) is -4.14. The predicted octanol–water partition coefficient (Wildman–Crippen LogP) is 4.06. The number of hydrogen-bond acceptors (Lipinski definition) is 7. The minimum Gasteiger partial charge on any atom is -0.489 e. The van der Waals surface area contributed by atoms with Crippen molar-refractivity contribution in [3.8, 4) is 5.75 Å². The number of carbonyl (C=O) groups is 1. The van der Waals surface area contributed by atoms with Crippen LogP contribution in [0.3, 0.4) is 0 Å². The van der Waals surface area contributed by atoms with Crippen LogP contribution in [0, 0.1) is 16.0 Å². The SMILES string of the molecule is CC(C)CN(C[C@H](O)[C@H](Cc1ccc(OCc2ccccc2)cc1)NC(=O)O)S(=O)(=O)c1ccc([N+](=O)[O-])cc1. The number of non-ortho nitro benzene ring substituents is 1. The number of carboxylic acid groups (broad SMARTS) is 1. The molecule has 0 saturated heterocycles. The molecule has 0 heterocycles. The molecule has 1 amide bonds. The average molecular weight is 572 g/mol. The molecule has 2 atom stereocenters. The van der Waals surface area contributed by atoms with Crippen LogP contribution in [0.4, 0.5) is 10.5 Å². The molecular weight excluding hydrogens is 538 g/mol. The summed E-state index contributed by atoms with van der Waals surface area (Å²) in [6.45, 7) is 3.65. The molecule has 0 bridgehead atoms. The van der Waals surface area contributed by atoms with E-state index in [2.05, 4.69) is 5.32 Å². The van der Waals surface area contributed by atoms with Crippen molar-refractivity contribution in [2.45, 2.75) is 43.9 Å². The molecule has 0 aromatic heterocycles. The molecule has 40 heavy (non-hydrogen) atoms. The molecule has 12 heteroatoms. The van der Waals surface area contributed by atoms with Gasteiger partial charge in [0.2, 0.25) is 10.0 Å². The first kappa shape index (κ1) is 30.5. The minimum absolute atomic E-state index is 0.0453. The Balaban J connectivity index is 1.74. The molecule has 0 spiro atoms. The normalized spacial score (nSPS) is 13.1. The summed E-state index contributed by atoms with van der Waals surface area (Å²) in [4.78, 5) is 21.7. The summed E-state index contributed by atoms with van der Waals surface area (Å²) >= 11 is 0. The fraction of sp³-hybridized carbons (Fsp3) is 0.321. The van der Waals surface area contributed by atoms with Gasteiger partial charge in [-0.25, -0.2) is 13.2 Å². The summed E-state index contributed by atoms with van der Waals surface area (Å²) in [6.07, 6.45) is -2.66. The molecule has 214 valence electrons. The maximum Gasteiger partial charge on any atom is 0.404 e. The maximum atomic E-state index is 13.4. The summed E-state index contributed by atoms with van der Waals surface area (Å²) in [5, 5.41) is 33.7. The van der Waals surface area contributed by atoms with E-state index in [0.717, 1.165) is 34.1 Å². The molecule has 0 aliphatic rings. The van der Waals surface area contributed by atoms with Crippen molar-refractivity contribution >= 4 is 21.8 Å². The molecule has 3 aromatic carbocycles. The number of benzene rings is 3. The number of nitro benzene ring substituents is 1. The second-order valence-electron chi connectivity index (χ2n) is 9.71. The van der Waals surface area contributed by atoms with Crippen molar-refractivity contribution in [2.24, 2.45) is 5.92 Å². The number of nitrogens with zero attached hydrogens (tertiary/aromatic N) is 2. The molecule has 0 radical (unpaired) electrons. The third-order valence-electron chi connectivity index (χ3n) is 6.05. The molecule has 0 aliphatic carbocycles. The summed E-state index contributed by atoms with van der Waals surface area (Å²) in [5.41, 5.74) is 1.46. The Morgan fingerprint density at radius 3 is 2.15 bits per heavy atom. The smallest absolute Gasteiger partial charge is 0.404 e. The van der Waals surface area contributed by atoms with Crippen LogP contribution in [0.2, 0.25) is 0 Å². The van der Waals surface area contributed by atoms with Gasteiger partial charge in [0.25, 0.3) is 5.69 Å². The van der Waals surface area contributed by atoms with Gasteiger partial charge in [0.15, 0.2) is 0 Å². The number of hydrogen-bond donors (Lipinski definition) is 3. The molecule has 3 rings (SSSR count). The first-order chi connectivity index (χ1) is 19.0. The van der Waals surface area contributed by atoms with Gasteiger partial charge in [-0.05, 0) is 47.7 Å². The molecule has 0 unspecified atom stereocenters. The predicted molar refractivity (Wildman–Crippen MR) is 149 cm³/mol. The average Bonchev–Trinajstić information content (AvgIpc) is 2.92. The fourth-order valence-electron chi connectivity index (χ4n) is 4.06. The van der Waals surface area contributed by atoms with E-state index in [4.69, 9.17) is 4.74 Å². The second-order valence-corrected chi connectivity index (χ2v) is 11.7. The highest BCUT2D eigenvalue weighted by molar-refractivity contribution is 7.89. The van der Waals surface area contributed by atoms with E-state index < -0.39 is 33.2 Å². The lowest BCUT2D eigenvalue weighted by atomic mass is 10.0. The lowest BCUT2D eigenvalue weighted by molar-refractivity contribution is -0.384. The highest BCUT2D eigenvalue weighted by atomic mass is 32.2. The van der Waals surface area contributed by atoms with Crippen molar-refractivity contribution in [1.82, 2.24) is 9.62 Å². The van der Waals surface area contributed by atoms with Gasteiger partial charge in [-0.1, -0.05) is 56.3 Å². The number of aliphatic hydroxyl groups is 1. The standard InChI is InChI=1S/C28H33N3O8S/c1-20(2)17-30(40(37,38)25-14-10-23(11-15-25)31(35)36)18-27(32)26(29-28(33)34)16-21-8-12-24(13-9-21)39-19-22-6-4-3-5-7-22/h3-15,20,26-27,29,32H,16-19H2,1-2H3,(H,33,34)/t26-,27-/m0/s1. The highest BCUT2D eigenvalue weighted by Crippen LogP contribution is 2.22. The Morgan fingerprint density at radius 1 is 0.975 bits per heavy atom. The van der Waals surface area contributed by atoms with Gasteiger partial charge in [0.1, 0.15) is 12.4 Å². The number of aliphatic hydroxyl groups excluding tert-OH is 1. The molecule has 3 aromatic rings. The van der Waals surface area contributed by atoms with E-state index >= 15 is 0 Å². The third-order valence-corrected chi connectivity index (χ3v) is 7.89. The lowest BCUT2D eigenvalue weighted by Crippen LogP contribution is -2.50. The lowest BCUT2D eigenvalue weighted by Gasteiger charge is -2.30. The Hall–Kier alpha value is -4.00. The summed E-state index contributed by atoms with van der Waals surface area (Å²) in [6, 6.07) is 20.1. The van der Waals surface area contributed by atoms with Gasteiger partial charge in [-0.3, -0.25) is 10.1 Å². The van der Waals surface area contributed by atoms with Crippen LogP contribution in [-0.2, 0) is 23.1 Å². The van der Waals surface area contributed by atoms with Gasteiger partial charge < -0.3 is 20.3 Å². The first-order valence-electron chi connectivity index (χ1n) is 12.6. The van der Waals surface area contributed by atoms with E-state index in [0.29, 0.717) is 17.9 Å². The van der Waals surface area contributed by atoms with E-state index in [1.165, 1.54) is 0 Å². The first-order valence-corrected chi connectivity index (χ1v) is 14.1. The van der Waals surface area contributed by atoms with Crippen molar-refractivity contribution in [2.75, 3.05) is 13.1 Å². The van der Waals surface area contributed by atoms with Crippen LogP contribution in [-0.4, -0.2) is 59.2 Å². The van der Waals surface area contributed by atoms with Crippen LogP contribution in [0.15, 0.2) is 83.8 Å². The monoisotopic (exact) mass is 571 g/mol. The second kappa shape index (κ2) is 13.9. The zero-order chi connectivity index (χ0) is 29.3. The summed E-state index contributed by atoms with van der Waals surface area (Å²) < 4.78 is 33.6. The van der Waals surface area contributed by atoms with Crippen molar-refractivity contribution in [3.05, 3.63) is 100 Å². The molecule has 11 nitrogen and oxygen atoms in total. The zero-order valence-electron chi connectivity index (χ0n) is 22.2. The van der Waals surface area contributed by atoms with E-state index in [1.807, 2.05) is 30.3 Å². The number of rotatable bonds is 14. The van der Waals surface area contributed by atoms with E-state index in [9.17, 15) is 33.5 Å². The number of nitro groups is 1. The Morgan fingerprint density at radius 2 is 1.60 bits per heavy atom. The van der Waals surface area contributed by atoms with Crippen LogP contribution in [0.25, 0.3) is 0 Å². The quantitative estimate of drug-likeness (QED) is 0.193. The van der Waals surface area contributed by atoms with Gasteiger partial charge in [-0.2, -0.15) is 4.31 Å². The van der Waals surface area contributed by atoms with Crippen LogP contribution in [0.1, 0.15) is 25.0 Å². The van der Waals surface area contributed by atoms with Crippen LogP contribution >= 0.6 is 0 Å². The Bertz CT molecular complexity index is 1360. The molecule has 0 aliphatic heterocycles. The molecule has 3 N–H and O–H groups in total. The molecular formula is C28H33N3O8S. The molecule has 0 saturated carbocycles. The third kappa shape index (κ3) is 8.76. The van der Waals surface area contributed by atoms with Gasteiger partial charge in [0, 0.05) is 25.2 Å². The van der Waals surface area contributed by atoms with Gasteiger partial charge in [-0.15, -0.1) is 0 Å². The maximum absolute atomic E-state index is 13.4. The fourth-order valence-corrected chi connectivity index (χ4v) is 5.68. The minimum atomic E-state index is -4.14. The Kier molecular flexibility index (Phi) is 10.6. The van der Waals surface area contributed by atoms with Gasteiger partial charge in [0.05, 0.1) is 22.0 Å². The number of amides is 1. The Labute approximate surface area is 233 Å². The van der Waals surface area contributed by atoms with Crippen molar-refractivity contribution < 1.29 is 33.1 Å². The van der Waals surface area contributed by atoms with Crippen LogP contribution < -0.4 is 10.1 Å². The van der Waals surface area contributed by atoms with Gasteiger partial charge >= 0.3 is 6.09 Å². The summed E-state index contributed by atoms with van der Waals surface area (Å²) in [5.74, 6) is 0.502. The molecule has 0 fully saturated rings. The van der Waals surface area contributed by atoms with Crippen LogP contribution in [0.5, 0.6) is 5.75 Å². The topological polar surface area (TPSA) is 159 Å². The van der Waals surface area contributed by atoms with Crippen molar-refractivity contribution in [1.29, 1.82) is 0 Å². The van der Waals surface area contributed by atoms with E-state index in [-0.39, 0.29) is 36.0 Å². The zero-order valence-corrected chi connectivity index (χ0v) is 23.0. The number of ether oxygens (including phenoxy) is 1. The largest absolute Gasteiger partial charge is 0.489 e. The van der Waals surface area contributed by atoms with Crippen molar-refractivity contribution in [3.63, 3.8) is 0 Å². The highest BCUT2D eigenvalue weighted by Gasteiger charge is 2.31.